The van der Waals surface area contributed by atoms with Crippen molar-refractivity contribution < 1.29 is 9.53 Å². The van der Waals surface area contributed by atoms with Crippen molar-refractivity contribution >= 4 is 51.2 Å². The van der Waals surface area contributed by atoms with Crippen LogP contribution in [0.15, 0.2) is 95.9 Å². The van der Waals surface area contributed by atoms with E-state index in [1.807, 2.05) is 91.0 Å². The summed E-state index contributed by atoms with van der Waals surface area (Å²) in [6.45, 7) is 0. The first kappa shape index (κ1) is 17.9. The van der Waals surface area contributed by atoms with Gasteiger partial charge in [0, 0.05) is 16.7 Å². The molecule has 2 aliphatic rings. The maximum atomic E-state index is 13.4. The summed E-state index contributed by atoms with van der Waals surface area (Å²) in [4.78, 5) is 15.6. The average molecular weight is 414 g/mol. The van der Waals surface area contributed by atoms with Crippen LogP contribution in [0, 0.1) is 0 Å². The molecule has 0 aliphatic carbocycles. The molecule has 29 heavy (non-hydrogen) atoms. The van der Waals surface area contributed by atoms with Crippen LogP contribution in [0.1, 0.15) is 11.1 Å². The number of allylic oxidation sites excluding steroid dienone is 2. The molecule has 3 aromatic carbocycles. The number of hydrogen-bond acceptors (Lipinski definition) is 4. The Bertz CT molecular complexity index is 1180. The molecule has 0 aromatic heterocycles. The number of fused-ring (bicyclic) bond motifs is 1. The number of amides is 1. The molecule has 0 unspecified atom stereocenters. The van der Waals surface area contributed by atoms with E-state index in [1.54, 1.807) is 4.90 Å². The van der Waals surface area contributed by atoms with Crippen molar-refractivity contribution in [3.63, 3.8) is 0 Å². The summed E-state index contributed by atoms with van der Waals surface area (Å²) in [5, 5.41) is 0. The predicted molar refractivity (Wildman–Crippen MR) is 123 cm³/mol. The second-order valence-electron chi connectivity index (χ2n) is 6.56. The van der Waals surface area contributed by atoms with Crippen LogP contribution in [-0.2, 0) is 4.79 Å². The summed E-state index contributed by atoms with van der Waals surface area (Å²) in [5.41, 5.74) is 3.46. The van der Waals surface area contributed by atoms with Gasteiger partial charge in [-0.15, -0.1) is 0 Å². The lowest BCUT2D eigenvalue weighted by atomic mass is 9.99. The van der Waals surface area contributed by atoms with Gasteiger partial charge in [0.1, 0.15) is 11.5 Å². The molecule has 140 valence electrons. The number of hydrogen-bond donors (Lipinski definition) is 0. The molecule has 0 spiro atoms. The van der Waals surface area contributed by atoms with Crippen LogP contribution < -0.4 is 9.64 Å². The Morgan fingerprint density at radius 3 is 2.24 bits per heavy atom. The first-order chi connectivity index (χ1) is 14.2. The van der Waals surface area contributed by atoms with Gasteiger partial charge in [0.05, 0.1) is 10.6 Å². The molecule has 1 fully saturated rings. The molecule has 5 rings (SSSR count). The third-order valence-corrected chi connectivity index (χ3v) is 6.15. The second-order valence-corrected chi connectivity index (χ2v) is 8.20. The highest BCUT2D eigenvalue weighted by Gasteiger charge is 2.36. The van der Waals surface area contributed by atoms with Gasteiger partial charge >= 0.3 is 0 Å². The SMILES string of the molecule is O=C1/C(=C2/C=C(c3ccccc3)Oc3ccccc32)SC(=S)N1c1ccccc1. The number of nitrogens with zero attached hydrogens (tertiary/aromatic N) is 1. The van der Waals surface area contributed by atoms with E-state index in [9.17, 15) is 4.79 Å². The zero-order valence-electron chi connectivity index (χ0n) is 15.2. The van der Waals surface area contributed by atoms with Crippen molar-refractivity contribution in [2.45, 2.75) is 0 Å². The molecular formula is C24H15NO2S2. The molecule has 0 N–H and O–H groups in total. The topological polar surface area (TPSA) is 29.5 Å². The minimum absolute atomic E-state index is 0.110. The molecular weight excluding hydrogens is 398 g/mol. The lowest BCUT2D eigenvalue weighted by Gasteiger charge is -2.21. The molecule has 0 bridgehead atoms. The number of carbonyl (C=O) groups is 1. The van der Waals surface area contributed by atoms with Crippen LogP contribution in [0.5, 0.6) is 5.75 Å². The first-order valence-corrected chi connectivity index (χ1v) is 10.3. The van der Waals surface area contributed by atoms with E-state index in [0.717, 1.165) is 28.1 Å². The maximum absolute atomic E-state index is 13.4. The Morgan fingerprint density at radius 1 is 0.828 bits per heavy atom. The van der Waals surface area contributed by atoms with Gasteiger partial charge in [-0.2, -0.15) is 0 Å². The van der Waals surface area contributed by atoms with Crippen molar-refractivity contribution in [3.05, 3.63) is 107 Å². The van der Waals surface area contributed by atoms with Crippen LogP contribution >= 0.6 is 24.0 Å². The van der Waals surface area contributed by atoms with Crippen LogP contribution in [-0.4, -0.2) is 10.2 Å². The smallest absolute Gasteiger partial charge is 0.271 e. The van der Waals surface area contributed by atoms with Crippen molar-refractivity contribution in [3.8, 4) is 5.75 Å². The molecule has 5 heteroatoms. The monoisotopic (exact) mass is 413 g/mol. The second kappa shape index (κ2) is 7.35. The van der Waals surface area contributed by atoms with E-state index in [0.29, 0.717) is 15.0 Å². The molecule has 1 amide bonds. The fraction of sp³-hybridized carbons (Fsp3) is 0. The number of benzene rings is 3. The summed E-state index contributed by atoms with van der Waals surface area (Å²) in [5.74, 6) is 1.33. The fourth-order valence-corrected chi connectivity index (χ4v) is 4.75. The van der Waals surface area contributed by atoms with Crippen LogP contribution in [0.3, 0.4) is 0 Å². The van der Waals surface area contributed by atoms with E-state index in [-0.39, 0.29) is 5.91 Å². The number of rotatable bonds is 2. The lowest BCUT2D eigenvalue weighted by Crippen LogP contribution is -2.27. The number of thioether (sulfide) groups is 1. The molecule has 2 heterocycles. The number of anilines is 1. The van der Waals surface area contributed by atoms with Gasteiger partial charge in [0.25, 0.3) is 5.91 Å². The van der Waals surface area contributed by atoms with Gasteiger partial charge in [-0.25, -0.2) is 0 Å². The van der Waals surface area contributed by atoms with E-state index >= 15 is 0 Å². The number of carbonyl (C=O) groups excluding carboxylic acids is 1. The zero-order chi connectivity index (χ0) is 19.8. The van der Waals surface area contributed by atoms with Gasteiger partial charge in [-0.05, 0) is 24.3 Å². The quantitative estimate of drug-likeness (QED) is 0.387. The number of ether oxygens (including phenoxy) is 1. The van der Waals surface area contributed by atoms with Crippen LogP contribution in [0.4, 0.5) is 5.69 Å². The Kier molecular flexibility index (Phi) is 4.54. The minimum atomic E-state index is -0.110. The summed E-state index contributed by atoms with van der Waals surface area (Å²) in [7, 11) is 0. The maximum Gasteiger partial charge on any atom is 0.271 e. The summed E-state index contributed by atoms with van der Waals surface area (Å²) in [6.07, 6.45) is 1.94. The zero-order valence-corrected chi connectivity index (χ0v) is 16.9. The molecule has 2 aliphatic heterocycles. The Hall–Kier alpha value is -3.15. The molecule has 0 radical (unpaired) electrons. The fourth-order valence-electron chi connectivity index (χ4n) is 3.40. The van der Waals surface area contributed by atoms with E-state index in [1.165, 1.54) is 11.8 Å². The lowest BCUT2D eigenvalue weighted by molar-refractivity contribution is -0.113. The van der Waals surface area contributed by atoms with Gasteiger partial charge in [0.2, 0.25) is 0 Å². The molecule has 0 atom stereocenters. The first-order valence-electron chi connectivity index (χ1n) is 9.12. The van der Waals surface area contributed by atoms with Crippen molar-refractivity contribution in [1.29, 1.82) is 0 Å². The van der Waals surface area contributed by atoms with Gasteiger partial charge in [-0.3, -0.25) is 9.69 Å². The Labute approximate surface area is 178 Å². The van der Waals surface area contributed by atoms with Crippen LogP contribution in [0.2, 0.25) is 0 Å². The predicted octanol–water partition coefficient (Wildman–Crippen LogP) is 5.90. The third kappa shape index (κ3) is 3.18. The highest BCUT2D eigenvalue weighted by molar-refractivity contribution is 8.27. The summed E-state index contributed by atoms with van der Waals surface area (Å²) >= 11 is 6.88. The standard InChI is InChI=1S/C24H15NO2S2/c26-23-22(29-24(28)25(23)17-11-5-2-6-12-17)19-15-21(16-9-3-1-4-10-16)27-20-14-8-7-13-18(19)20/h1-15H/b22-19+. The normalized spacial score (nSPS) is 18.3. The number of para-hydroxylation sites is 2. The van der Waals surface area contributed by atoms with E-state index in [4.69, 9.17) is 17.0 Å². The minimum Gasteiger partial charge on any atom is -0.456 e. The summed E-state index contributed by atoms with van der Waals surface area (Å²) < 4.78 is 6.67. The van der Waals surface area contributed by atoms with Crippen molar-refractivity contribution in [2.24, 2.45) is 0 Å². The number of thiocarbonyl (C=S) groups is 1. The van der Waals surface area contributed by atoms with E-state index in [2.05, 4.69) is 0 Å². The van der Waals surface area contributed by atoms with Crippen molar-refractivity contribution in [1.82, 2.24) is 0 Å². The molecule has 0 saturated carbocycles. The highest BCUT2D eigenvalue weighted by Crippen LogP contribution is 2.45. The van der Waals surface area contributed by atoms with E-state index < -0.39 is 0 Å². The highest BCUT2D eigenvalue weighted by atomic mass is 32.2. The molecule has 1 saturated heterocycles. The van der Waals surface area contributed by atoms with Crippen molar-refractivity contribution in [2.75, 3.05) is 4.90 Å². The molecule has 3 aromatic rings. The van der Waals surface area contributed by atoms with Gasteiger partial charge in [-0.1, -0.05) is 90.7 Å². The largest absolute Gasteiger partial charge is 0.456 e. The third-order valence-electron chi connectivity index (χ3n) is 4.76. The Morgan fingerprint density at radius 2 is 1.48 bits per heavy atom. The van der Waals surface area contributed by atoms with Gasteiger partial charge < -0.3 is 4.74 Å². The average Bonchev–Trinajstić information content (AvgIpc) is 3.08. The Balaban J connectivity index is 1.67. The van der Waals surface area contributed by atoms with Crippen LogP contribution in [0.25, 0.3) is 11.3 Å². The van der Waals surface area contributed by atoms with Gasteiger partial charge in [0.15, 0.2) is 4.32 Å². The molecule has 3 nitrogen and oxygen atoms in total. The summed E-state index contributed by atoms with van der Waals surface area (Å²) in [6, 6.07) is 27.2.